The van der Waals surface area contributed by atoms with Crippen molar-refractivity contribution in [1.82, 2.24) is 16.0 Å². The van der Waals surface area contributed by atoms with Crippen LogP contribution in [0.15, 0.2) is 29.2 Å². The van der Waals surface area contributed by atoms with Crippen molar-refractivity contribution in [2.45, 2.75) is 68.7 Å². The molecule has 1 aromatic rings. The Morgan fingerprint density at radius 1 is 1.17 bits per heavy atom. The third-order valence-electron chi connectivity index (χ3n) is 5.10. The lowest BCUT2D eigenvalue weighted by molar-refractivity contribution is -0.132. The Hall–Kier alpha value is -1.74. The van der Waals surface area contributed by atoms with Gasteiger partial charge in [0, 0.05) is 4.90 Å². The number of carbonyl (C=O) groups is 2. The summed E-state index contributed by atoms with van der Waals surface area (Å²) in [5, 5.41) is 9.10. The average Bonchev–Trinajstić information content (AvgIpc) is 3.42. The molecule has 0 bridgehead atoms. The third kappa shape index (κ3) is 6.12. The second-order valence-corrected chi connectivity index (χ2v) is 9.87. The number of alkyl halides is 3. The van der Waals surface area contributed by atoms with Crippen LogP contribution in [-0.2, 0) is 9.59 Å². The Balaban J connectivity index is 1.72. The van der Waals surface area contributed by atoms with Crippen molar-refractivity contribution in [2.75, 3.05) is 0 Å². The Bertz CT molecular complexity index is 758. The van der Waals surface area contributed by atoms with E-state index in [0.29, 0.717) is 5.92 Å². The van der Waals surface area contributed by atoms with Gasteiger partial charge in [-0.05, 0) is 53.6 Å². The molecule has 1 aliphatic carbocycles. The number of hydrogen-bond donors (Lipinski definition) is 3. The number of amides is 2. The summed E-state index contributed by atoms with van der Waals surface area (Å²) in [6.45, 7) is 5.85. The molecule has 2 amide bonds. The molecule has 9 heteroatoms. The molecule has 1 saturated heterocycles. The molecule has 0 spiro atoms. The zero-order chi connectivity index (χ0) is 21.4. The van der Waals surface area contributed by atoms with Crippen LogP contribution in [0.1, 0.15) is 51.6 Å². The summed E-state index contributed by atoms with van der Waals surface area (Å²) in [5.74, 6) is -0.0626. The van der Waals surface area contributed by atoms with Gasteiger partial charge >= 0.3 is 5.51 Å². The lowest BCUT2D eigenvalue weighted by Crippen LogP contribution is -2.62. The van der Waals surface area contributed by atoms with Gasteiger partial charge in [0.05, 0.1) is 24.7 Å². The van der Waals surface area contributed by atoms with Crippen molar-refractivity contribution in [3.8, 4) is 0 Å². The maximum Gasteiger partial charge on any atom is 0.446 e. The second kappa shape index (κ2) is 8.18. The van der Waals surface area contributed by atoms with E-state index in [1.165, 1.54) is 12.1 Å². The van der Waals surface area contributed by atoms with E-state index in [4.69, 9.17) is 0 Å². The molecule has 29 heavy (non-hydrogen) atoms. The van der Waals surface area contributed by atoms with E-state index in [9.17, 15) is 22.8 Å². The first-order valence-electron chi connectivity index (χ1n) is 9.64. The van der Waals surface area contributed by atoms with E-state index in [0.717, 1.165) is 18.4 Å². The van der Waals surface area contributed by atoms with E-state index in [1.807, 2.05) is 20.8 Å². The number of thioether (sulfide) groups is 1. The van der Waals surface area contributed by atoms with Crippen LogP contribution < -0.4 is 16.0 Å². The van der Waals surface area contributed by atoms with E-state index in [1.54, 1.807) is 12.1 Å². The van der Waals surface area contributed by atoms with Crippen LogP contribution in [0.5, 0.6) is 0 Å². The fourth-order valence-corrected chi connectivity index (χ4v) is 4.03. The molecule has 5 nitrogen and oxygen atoms in total. The minimum Gasteiger partial charge on any atom is -0.347 e. The third-order valence-corrected chi connectivity index (χ3v) is 5.84. The van der Waals surface area contributed by atoms with Gasteiger partial charge in [-0.15, -0.1) is 0 Å². The SMILES string of the molecule is CC(C)(C)[C@@H](NC(=O)C1CC(=O)NC(C2CC2)N1)c1ccc(SC(F)(F)F)cc1. The maximum atomic E-state index is 12.9. The Labute approximate surface area is 172 Å². The van der Waals surface area contributed by atoms with Crippen LogP contribution in [0.2, 0.25) is 0 Å². The molecule has 3 atom stereocenters. The van der Waals surface area contributed by atoms with Crippen molar-refractivity contribution in [3.05, 3.63) is 29.8 Å². The minimum absolute atomic E-state index is 0.0626. The summed E-state index contributed by atoms with van der Waals surface area (Å²) in [7, 11) is 0. The van der Waals surface area contributed by atoms with Crippen molar-refractivity contribution in [3.63, 3.8) is 0 Å². The molecule has 1 heterocycles. The molecular formula is C20H26F3N3O2S. The maximum absolute atomic E-state index is 12.9. The number of rotatable bonds is 5. The predicted molar refractivity (Wildman–Crippen MR) is 105 cm³/mol. The molecule has 160 valence electrons. The predicted octanol–water partition coefficient (Wildman–Crippen LogP) is 3.72. The van der Waals surface area contributed by atoms with Crippen LogP contribution >= 0.6 is 11.8 Å². The number of carbonyl (C=O) groups excluding carboxylic acids is 2. The Morgan fingerprint density at radius 2 is 1.79 bits per heavy atom. The monoisotopic (exact) mass is 429 g/mol. The van der Waals surface area contributed by atoms with Crippen LogP contribution in [0, 0.1) is 11.3 Å². The average molecular weight is 430 g/mol. The summed E-state index contributed by atoms with van der Waals surface area (Å²) in [4.78, 5) is 25.0. The molecule has 3 N–H and O–H groups in total. The first kappa shape index (κ1) is 22.0. The van der Waals surface area contributed by atoms with E-state index in [-0.39, 0.29) is 46.5 Å². The number of benzene rings is 1. The molecule has 1 aromatic carbocycles. The fraction of sp³-hybridized carbons (Fsp3) is 0.600. The highest BCUT2D eigenvalue weighted by molar-refractivity contribution is 8.00. The lowest BCUT2D eigenvalue weighted by atomic mass is 9.82. The van der Waals surface area contributed by atoms with Gasteiger partial charge in [-0.2, -0.15) is 13.2 Å². The first-order valence-corrected chi connectivity index (χ1v) is 10.5. The summed E-state index contributed by atoms with van der Waals surface area (Å²) in [5.41, 5.74) is -4.00. The van der Waals surface area contributed by atoms with Crippen LogP contribution in [0.4, 0.5) is 13.2 Å². The fourth-order valence-electron chi connectivity index (χ4n) is 3.49. The zero-order valence-corrected chi connectivity index (χ0v) is 17.4. The number of hydrogen-bond acceptors (Lipinski definition) is 4. The summed E-state index contributed by atoms with van der Waals surface area (Å²) in [6.07, 6.45) is 1.93. The zero-order valence-electron chi connectivity index (χ0n) is 16.6. The number of nitrogens with one attached hydrogen (secondary N) is 3. The first-order chi connectivity index (χ1) is 13.4. The van der Waals surface area contributed by atoms with Gasteiger partial charge in [0.1, 0.15) is 0 Å². The topological polar surface area (TPSA) is 70.2 Å². The molecule has 2 unspecified atom stereocenters. The largest absolute Gasteiger partial charge is 0.446 e. The Kier molecular flexibility index (Phi) is 6.19. The molecule has 1 aliphatic heterocycles. The van der Waals surface area contributed by atoms with Crippen LogP contribution in [-0.4, -0.2) is 29.5 Å². The van der Waals surface area contributed by atoms with E-state index >= 15 is 0 Å². The van der Waals surface area contributed by atoms with E-state index in [2.05, 4.69) is 16.0 Å². The standard InChI is InChI=1S/C20H26F3N3O2S/c1-19(2,3)16(11-6-8-13(9-7-11)29-20(21,22)23)26-18(28)14-10-15(27)25-17(24-14)12-4-5-12/h6-9,12,14,16-17,24H,4-5,10H2,1-3H3,(H,25,27)(H,26,28)/t14?,16-,17?/m0/s1. The van der Waals surface area contributed by atoms with Crippen molar-refractivity contribution < 1.29 is 22.8 Å². The molecule has 3 rings (SSSR count). The van der Waals surface area contributed by atoms with Gasteiger partial charge in [0.25, 0.3) is 0 Å². The quantitative estimate of drug-likeness (QED) is 0.624. The highest BCUT2D eigenvalue weighted by atomic mass is 32.2. The van der Waals surface area contributed by atoms with Gasteiger partial charge in [-0.1, -0.05) is 32.9 Å². The van der Waals surface area contributed by atoms with Gasteiger partial charge in [0.2, 0.25) is 11.8 Å². The normalized spacial score (nSPS) is 24.0. The Morgan fingerprint density at radius 3 is 2.31 bits per heavy atom. The lowest BCUT2D eigenvalue weighted by Gasteiger charge is -2.36. The van der Waals surface area contributed by atoms with Gasteiger partial charge in [0.15, 0.2) is 0 Å². The molecule has 0 aromatic heterocycles. The highest BCUT2D eigenvalue weighted by Gasteiger charge is 2.40. The smallest absolute Gasteiger partial charge is 0.347 e. The molecule has 1 saturated carbocycles. The van der Waals surface area contributed by atoms with E-state index < -0.39 is 17.6 Å². The molecule has 0 radical (unpaired) electrons. The van der Waals surface area contributed by atoms with Gasteiger partial charge < -0.3 is 10.6 Å². The number of halogens is 3. The second-order valence-electron chi connectivity index (χ2n) is 8.73. The van der Waals surface area contributed by atoms with Crippen molar-refractivity contribution in [2.24, 2.45) is 11.3 Å². The van der Waals surface area contributed by atoms with Crippen LogP contribution in [0.3, 0.4) is 0 Å². The molecular weight excluding hydrogens is 403 g/mol. The summed E-state index contributed by atoms with van der Waals surface area (Å²) in [6, 6.07) is 5.00. The van der Waals surface area contributed by atoms with Crippen molar-refractivity contribution >= 4 is 23.6 Å². The van der Waals surface area contributed by atoms with Crippen LogP contribution in [0.25, 0.3) is 0 Å². The molecule has 2 aliphatic rings. The van der Waals surface area contributed by atoms with Gasteiger partial charge in [-0.25, -0.2) is 0 Å². The minimum atomic E-state index is -4.34. The summed E-state index contributed by atoms with van der Waals surface area (Å²) >= 11 is -0.167. The summed E-state index contributed by atoms with van der Waals surface area (Å²) < 4.78 is 37.7. The molecule has 2 fully saturated rings. The highest BCUT2D eigenvalue weighted by Crippen LogP contribution is 2.39. The van der Waals surface area contributed by atoms with Crippen molar-refractivity contribution in [1.29, 1.82) is 0 Å². The van der Waals surface area contributed by atoms with Gasteiger partial charge in [-0.3, -0.25) is 14.9 Å².